The number of pyridine rings is 1. The molecule has 4 nitrogen and oxygen atoms in total. The third-order valence-corrected chi connectivity index (χ3v) is 4.50. The van der Waals surface area contributed by atoms with Gasteiger partial charge in [-0.05, 0) is 17.9 Å². The third kappa shape index (κ3) is 4.28. The van der Waals surface area contributed by atoms with Gasteiger partial charge in [0.2, 0.25) is 0 Å². The molecular formula is C14H16F5NO3S. The monoisotopic (exact) mass is 373 g/mol. The smallest absolute Gasteiger partial charge is 0.434 e. The summed E-state index contributed by atoms with van der Waals surface area (Å²) in [6.07, 6.45) is -8.88. The van der Waals surface area contributed by atoms with Gasteiger partial charge in [-0.15, -0.1) is 0 Å². The molecular weight excluding hydrogens is 357 g/mol. The van der Waals surface area contributed by atoms with Gasteiger partial charge in [-0.2, -0.15) is 13.2 Å². The molecule has 0 radical (unpaired) electrons. The molecule has 24 heavy (non-hydrogen) atoms. The van der Waals surface area contributed by atoms with Gasteiger partial charge >= 0.3 is 12.1 Å². The van der Waals surface area contributed by atoms with Gasteiger partial charge in [0.05, 0.1) is 21.3 Å². The molecule has 0 aliphatic heterocycles. The van der Waals surface area contributed by atoms with Crippen LogP contribution in [0.4, 0.5) is 22.0 Å². The van der Waals surface area contributed by atoms with Gasteiger partial charge in [0.15, 0.2) is 5.69 Å². The largest absolute Gasteiger partial charge is 0.478 e. The van der Waals surface area contributed by atoms with Crippen LogP contribution in [0.25, 0.3) is 0 Å². The number of carboxylic acid groups (broad SMARTS) is 1. The van der Waals surface area contributed by atoms with Crippen molar-refractivity contribution < 1.29 is 36.1 Å². The predicted molar refractivity (Wildman–Crippen MR) is 76.6 cm³/mol. The maximum atomic E-state index is 13.2. The summed E-state index contributed by atoms with van der Waals surface area (Å²) in [6.45, 7) is 4.56. The minimum Gasteiger partial charge on any atom is -0.478 e. The molecule has 136 valence electrons. The topological polar surface area (TPSA) is 67.3 Å². The van der Waals surface area contributed by atoms with E-state index in [4.69, 9.17) is 0 Å². The van der Waals surface area contributed by atoms with E-state index >= 15 is 0 Å². The van der Waals surface area contributed by atoms with Crippen LogP contribution in [0.5, 0.6) is 0 Å². The fourth-order valence-corrected chi connectivity index (χ4v) is 3.34. The van der Waals surface area contributed by atoms with Crippen LogP contribution in [0.2, 0.25) is 0 Å². The number of alkyl halides is 5. The van der Waals surface area contributed by atoms with Crippen LogP contribution in [0.3, 0.4) is 0 Å². The van der Waals surface area contributed by atoms with Crippen molar-refractivity contribution in [1.29, 1.82) is 0 Å². The van der Waals surface area contributed by atoms with Gasteiger partial charge in [-0.1, -0.05) is 20.8 Å². The maximum Gasteiger partial charge on any atom is 0.434 e. The number of aromatic nitrogens is 1. The predicted octanol–water partition coefficient (Wildman–Crippen LogP) is 4.06. The summed E-state index contributed by atoms with van der Waals surface area (Å²) in [6, 6.07) is 0. The van der Waals surface area contributed by atoms with E-state index in [0.717, 1.165) is 0 Å². The summed E-state index contributed by atoms with van der Waals surface area (Å²) < 4.78 is 78.0. The molecule has 1 heterocycles. The van der Waals surface area contributed by atoms with Gasteiger partial charge in [-0.3, -0.25) is 4.21 Å². The van der Waals surface area contributed by atoms with Gasteiger partial charge in [-0.25, -0.2) is 18.6 Å². The Bertz CT molecular complexity index is 659. The second-order valence-corrected chi connectivity index (χ2v) is 7.04. The van der Waals surface area contributed by atoms with Crippen molar-refractivity contribution >= 4 is 16.8 Å². The molecule has 0 aliphatic carbocycles. The number of halogens is 5. The lowest BCUT2D eigenvalue weighted by molar-refractivity contribution is -0.142. The van der Waals surface area contributed by atoms with Crippen LogP contribution in [0.1, 0.15) is 54.5 Å². The highest BCUT2D eigenvalue weighted by Crippen LogP contribution is 2.38. The Hall–Kier alpha value is -1.58. The second kappa shape index (κ2) is 7.54. The lowest BCUT2D eigenvalue weighted by atomic mass is 9.96. The van der Waals surface area contributed by atoms with E-state index in [-0.39, 0.29) is 18.1 Å². The minimum atomic E-state index is -5.23. The molecule has 1 aromatic heterocycles. The molecule has 10 heteroatoms. The number of hydrogen-bond donors (Lipinski definition) is 1. The minimum absolute atomic E-state index is 0.156. The lowest BCUT2D eigenvalue weighted by Crippen LogP contribution is -2.23. The number of rotatable bonds is 6. The summed E-state index contributed by atoms with van der Waals surface area (Å²) in [5, 5.41) is 9.20. The van der Waals surface area contributed by atoms with Crippen molar-refractivity contribution in [3.8, 4) is 0 Å². The van der Waals surface area contributed by atoms with E-state index in [2.05, 4.69) is 4.98 Å². The number of carboxylic acids is 1. The average Bonchev–Trinajstić information content (AvgIpc) is 2.43. The van der Waals surface area contributed by atoms with Crippen molar-refractivity contribution in [1.82, 2.24) is 4.98 Å². The lowest BCUT2D eigenvalue weighted by Gasteiger charge is -2.20. The Morgan fingerprint density at radius 3 is 2.17 bits per heavy atom. The van der Waals surface area contributed by atoms with Crippen molar-refractivity contribution in [3.63, 3.8) is 0 Å². The fraction of sp³-hybridized carbons (Fsp3) is 0.571. The molecule has 0 amide bonds. The Morgan fingerprint density at radius 1 is 1.29 bits per heavy atom. The Balaban J connectivity index is 4.02. The first-order valence-electron chi connectivity index (χ1n) is 6.95. The Morgan fingerprint density at radius 2 is 1.83 bits per heavy atom. The van der Waals surface area contributed by atoms with E-state index in [1.54, 1.807) is 13.8 Å². The second-order valence-electron chi connectivity index (χ2n) is 5.36. The van der Waals surface area contributed by atoms with Crippen LogP contribution < -0.4 is 0 Å². The van der Waals surface area contributed by atoms with Crippen LogP contribution in [0, 0.1) is 5.92 Å². The molecule has 1 rings (SSSR count). The summed E-state index contributed by atoms with van der Waals surface area (Å²) in [5.74, 6) is -2.44. The molecule has 0 aliphatic rings. The molecule has 1 unspecified atom stereocenters. The van der Waals surface area contributed by atoms with E-state index in [9.17, 15) is 36.1 Å². The molecule has 0 spiro atoms. The molecule has 0 bridgehead atoms. The zero-order valence-electron chi connectivity index (χ0n) is 13.1. The molecule has 1 aromatic rings. The van der Waals surface area contributed by atoms with E-state index in [1.807, 2.05) is 0 Å². The standard InChI is InChI=1S/C14H16F5NO3S/c1-4-24(23)10-7(5-6(2)3)8(13(21)22)11(14(17,18)19)20-9(10)12(15)16/h6,12H,4-5H2,1-3H3,(H,21,22). The van der Waals surface area contributed by atoms with Crippen LogP contribution in [-0.2, 0) is 23.4 Å². The van der Waals surface area contributed by atoms with Crippen molar-refractivity contribution in [2.45, 2.75) is 44.7 Å². The fourth-order valence-electron chi connectivity index (χ4n) is 2.22. The van der Waals surface area contributed by atoms with Crippen molar-refractivity contribution in [3.05, 3.63) is 22.5 Å². The highest BCUT2D eigenvalue weighted by Gasteiger charge is 2.42. The van der Waals surface area contributed by atoms with E-state index in [1.165, 1.54) is 6.92 Å². The van der Waals surface area contributed by atoms with E-state index < -0.39 is 56.8 Å². The zero-order valence-corrected chi connectivity index (χ0v) is 13.9. The SMILES string of the molecule is CCS(=O)c1c(C(F)F)nc(C(F)(F)F)c(C(=O)O)c1CC(C)C. The highest BCUT2D eigenvalue weighted by molar-refractivity contribution is 7.85. The first kappa shape index (κ1) is 20.5. The maximum absolute atomic E-state index is 13.2. The quantitative estimate of drug-likeness (QED) is 0.764. The first-order chi connectivity index (χ1) is 10.9. The number of aromatic carboxylic acids is 1. The summed E-state index contributed by atoms with van der Waals surface area (Å²) in [7, 11) is -2.09. The molecule has 0 saturated heterocycles. The number of carbonyl (C=O) groups is 1. The Labute approximate surface area is 137 Å². The number of nitrogens with zero attached hydrogens (tertiary/aromatic N) is 1. The Kier molecular flexibility index (Phi) is 6.43. The molecule has 1 atom stereocenters. The summed E-state index contributed by atoms with van der Waals surface area (Å²) in [5.41, 5.74) is -4.87. The normalized spacial score (nSPS) is 13.6. The van der Waals surface area contributed by atoms with Crippen molar-refractivity contribution in [2.75, 3.05) is 5.75 Å². The summed E-state index contributed by atoms with van der Waals surface area (Å²) in [4.78, 5) is 13.6. The van der Waals surface area contributed by atoms with Crippen LogP contribution >= 0.6 is 0 Å². The zero-order chi connectivity index (χ0) is 18.8. The van der Waals surface area contributed by atoms with Gasteiger partial charge < -0.3 is 5.11 Å². The van der Waals surface area contributed by atoms with Crippen molar-refractivity contribution in [2.24, 2.45) is 5.92 Å². The average molecular weight is 373 g/mol. The third-order valence-electron chi connectivity index (χ3n) is 3.07. The van der Waals surface area contributed by atoms with Gasteiger partial charge in [0.25, 0.3) is 6.43 Å². The molecule has 0 fully saturated rings. The van der Waals surface area contributed by atoms with Gasteiger partial charge in [0.1, 0.15) is 5.69 Å². The van der Waals surface area contributed by atoms with Crippen LogP contribution in [-0.4, -0.2) is 26.0 Å². The molecule has 1 N–H and O–H groups in total. The highest BCUT2D eigenvalue weighted by atomic mass is 32.2. The number of hydrogen-bond acceptors (Lipinski definition) is 3. The first-order valence-corrected chi connectivity index (χ1v) is 8.27. The molecule has 0 aromatic carbocycles. The van der Waals surface area contributed by atoms with Gasteiger partial charge in [0, 0.05) is 5.75 Å². The van der Waals surface area contributed by atoms with Crippen LogP contribution in [0.15, 0.2) is 4.90 Å². The summed E-state index contributed by atoms with van der Waals surface area (Å²) >= 11 is 0. The molecule has 0 saturated carbocycles. The van der Waals surface area contributed by atoms with E-state index in [0.29, 0.717) is 0 Å².